The van der Waals surface area contributed by atoms with Crippen molar-refractivity contribution < 1.29 is 0 Å². The van der Waals surface area contributed by atoms with Crippen LogP contribution in [-0.4, -0.2) is 20.6 Å². The highest BCUT2D eigenvalue weighted by Gasteiger charge is 2.25. The predicted octanol–water partition coefficient (Wildman–Crippen LogP) is 5.63. The Bertz CT molecular complexity index is 839. The monoisotopic (exact) mass is 359 g/mol. The maximum atomic E-state index is 8.71. The van der Waals surface area contributed by atoms with Gasteiger partial charge in [-0.15, -0.1) is 0 Å². The third kappa shape index (κ3) is 5.01. The van der Waals surface area contributed by atoms with Crippen LogP contribution in [0.25, 0.3) is 6.08 Å². The van der Waals surface area contributed by atoms with E-state index in [1.807, 2.05) is 20.2 Å². The van der Waals surface area contributed by atoms with Gasteiger partial charge in [0, 0.05) is 37.4 Å². The highest BCUT2D eigenvalue weighted by molar-refractivity contribution is 5.62. The van der Waals surface area contributed by atoms with E-state index < -0.39 is 0 Å². The van der Waals surface area contributed by atoms with Gasteiger partial charge in [0.2, 0.25) is 0 Å². The largest absolute Gasteiger partial charge is 0.388 e. The van der Waals surface area contributed by atoms with Gasteiger partial charge in [0.1, 0.15) is 0 Å². The van der Waals surface area contributed by atoms with Crippen LogP contribution in [0.1, 0.15) is 31.4 Å². The summed E-state index contributed by atoms with van der Waals surface area (Å²) in [6.45, 7) is 9.45. The molecule has 0 aromatic heterocycles. The summed E-state index contributed by atoms with van der Waals surface area (Å²) in [5.74, 6) is 0. The maximum absolute atomic E-state index is 8.71. The van der Waals surface area contributed by atoms with Crippen molar-refractivity contribution in [3.63, 3.8) is 0 Å². The van der Waals surface area contributed by atoms with E-state index in [1.54, 1.807) is 0 Å². The predicted molar refractivity (Wildman–Crippen MR) is 117 cm³/mol. The van der Waals surface area contributed by atoms with Gasteiger partial charge < -0.3 is 10.2 Å². The van der Waals surface area contributed by atoms with Gasteiger partial charge in [0.15, 0.2) is 0 Å². The van der Waals surface area contributed by atoms with Crippen molar-refractivity contribution in [3.8, 4) is 6.07 Å². The minimum atomic E-state index is -0.173. The number of allylic oxidation sites excluding steroid dienone is 2. The van der Waals surface area contributed by atoms with E-state index in [1.165, 1.54) is 5.56 Å². The van der Waals surface area contributed by atoms with Crippen LogP contribution in [0.15, 0.2) is 66.8 Å². The maximum Gasteiger partial charge on any atom is 0.0640 e. The number of benzene rings is 2. The minimum Gasteiger partial charge on any atom is -0.388 e. The van der Waals surface area contributed by atoms with E-state index in [-0.39, 0.29) is 5.41 Å². The fourth-order valence-corrected chi connectivity index (χ4v) is 3.01. The van der Waals surface area contributed by atoms with Crippen molar-refractivity contribution in [2.75, 3.05) is 30.9 Å². The lowest BCUT2D eigenvalue weighted by molar-refractivity contribution is 0.644. The average Bonchev–Trinajstić information content (AvgIpc) is 2.70. The summed E-state index contributed by atoms with van der Waals surface area (Å²) in [6, 6.07) is 18.9. The quantitative estimate of drug-likeness (QED) is 0.621. The van der Waals surface area contributed by atoms with Crippen molar-refractivity contribution in [2.24, 2.45) is 0 Å². The van der Waals surface area contributed by atoms with Crippen LogP contribution in [0.3, 0.4) is 0 Å². The molecule has 2 rings (SSSR count). The standard InChI is InChI=1S/C24H29N3/c1-19(24(2,3)22-9-6-7-10-23(22)26-4)11-12-20-13-15-21(16-14-20)27(5)18-8-17-25/h6-7,9-16,26H,1,8,18H2,2-5H3/b12-11+. The van der Waals surface area contributed by atoms with E-state index in [2.05, 4.69) is 91.3 Å². The fraction of sp³-hybridized carbons (Fsp3) is 0.292. The van der Waals surface area contributed by atoms with Gasteiger partial charge >= 0.3 is 0 Å². The number of nitrogens with one attached hydrogen (secondary N) is 1. The molecule has 0 heterocycles. The Hall–Kier alpha value is -2.99. The molecule has 0 atom stereocenters. The molecule has 27 heavy (non-hydrogen) atoms. The number of nitriles is 1. The minimum absolute atomic E-state index is 0.173. The van der Waals surface area contributed by atoms with Crippen molar-refractivity contribution in [2.45, 2.75) is 25.7 Å². The Morgan fingerprint density at radius 2 is 1.85 bits per heavy atom. The number of hydrogen-bond acceptors (Lipinski definition) is 3. The van der Waals surface area contributed by atoms with Gasteiger partial charge in [0.25, 0.3) is 0 Å². The summed E-state index contributed by atoms with van der Waals surface area (Å²) in [4.78, 5) is 2.09. The van der Waals surface area contributed by atoms with Gasteiger partial charge in [0.05, 0.1) is 12.5 Å². The van der Waals surface area contributed by atoms with Gasteiger partial charge in [-0.3, -0.25) is 0 Å². The van der Waals surface area contributed by atoms with Gasteiger partial charge in [-0.1, -0.05) is 62.9 Å². The molecule has 1 N–H and O–H groups in total. The molecule has 2 aromatic rings. The fourth-order valence-electron chi connectivity index (χ4n) is 3.01. The molecule has 0 spiro atoms. The first kappa shape index (κ1) is 20.3. The molecule has 0 radical (unpaired) electrons. The highest BCUT2D eigenvalue weighted by atomic mass is 15.1. The smallest absolute Gasteiger partial charge is 0.0640 e. The lowest BCUT2D eigenvalue weighted by atomic mass is 9.77. The molecule has 140 valence electrons. The second kappa shape index (κ2) is 9.09. The summed E-state index contributed by atoms with van der Waals surface area (Å²) in [7, 11) is 3.95. The van der Waals surface area contributed by atoms with Crippen LogP contribution in [0.4, 0.5) is 11.4 Å². The van der Waals surface area contributed by atoms with Crippen LogP contribution in [-0.2, 0) is 5.41 Å². The number of hydrogen-bond donors (Lipinski definition) is 1. The van der Waals surface area contributed by atoms with Crippen LogP contribution < -0.4 is 10.2 Å². The number of anilines is 2. The van der Waals surface area contributed by atoms with Crippen molar-refractivity contribution in [1.82, 2.24) is 0 Å². The number of rotatable bonds is 8. The molecule has 0 aliphatic heterocycles. The SMILES string of the molecule is C=C(/C=C/c1ccc(N(C)CCC#N)cc1)C(C)(C)c1ccccc1NC. The van der Waals surface area contributed by atoms with Crippen molar-refractivity contribution >= 4 is 17.5 Å². The summed E-state index contributed by atoms with van der Waals surface area (Å²) in [5, 5.41) is 12.0. The summed E-state index contributed by atoms with van der Waals surface area (Å²) in [5.41, 5.74) is 5.49. The molecular weight excluding hydrogens is 330 g/mol. The Balaban J connectivity index is 2.13. The molecule has 2 aromatic carbocycles. The molecule has 0 saturated carbocycles. The third-order valence-electron chi connectivity index (χ3n) is 5.04. The van der Waals surface area contributed by atoms with Crippen LogP contribution in [0.2, 0.25) is 0 Å². The lowest BCUT2D eigenvalue weighted by Gasteiger charge is -2.28. The first-order chi connectivity index (χ1) is 12.9. The highest BCUT2D eigenvalue weighted by Crippen LogP contribution is 2.36. The van der Waals surface area contributed by atoms with Gasteiger partial charge in [-0.2, -0.15) is 5.26 Å². The summed E-state index contributed by atoms with van der Waals surface area (Å²) < 4.78 is 0. The second-order valence-corrected chi connectivity index (χ2v) is 7.20. The van der Waals surface area contributed by atoms with Crippen LogP contribution >= 0.6 is 0 Å². The zero-order chi connectivity index (χ0) is 19.9. The molecule has 0 unspecified atom stereocenters. The normalized spacial score (nSPS) is 11.2. The van der Waals surface area contributed by atoms with Crippen LogP contribution in [0.5, 0.6) is 0 Å². The molecule has 0 bridgehead atoms. The molecule has 3 nitrogen and oxygen atoms in total. The molecule has 0 aliphatic carbocycles. The van der Waals surface area contributed by atoms with E-state index in [4.69, 9.17) is 5.26 Å². The van der Waals surface area contributed by atoms with E-state index in [9.17, 15) is 0 Å². The number of para-hydroxylation sites is 1. The molecule has 0 aliphatic rings. The summed E-state index contributed by atoms with van der Waals surface area (Å²) in [6.07, 6.45) is 4.73. The van der Waals surface area contributed by atoms with E-state index in [0.717, 1.165) is 29.1 Å². The second-order valence-electron chi connectivity index (χ2n) is 7.20. The first-order valence-corrected chi connectivity index (χ1v) is 9.23. The Labute approximate surface area is 163 Å². The van der Waals surface area contributed by atoms with E-state index in [0.29, 0.717) is 6.42 Å². The molecule has 0 fully saturated rings. The molecular formula is C24H29N3. The van der Waals surface area contributed by atoms with Gasteiger partial charge in [-0.25, -0.2) is 0 Å². The number of nitrogens with zero attached hydrogens (tertiary/aromatic N) is 2. The van der Waals surface area contributed by atoms with E-state index >= 15 is 0 Å². The zero-order valence-corrected chi connectivity index (χ0v) is 16.8. The molecule has 0 saturated heterocycles. The topological polar surface area (TPSA) is 39.1 Å². The van der Waals surface area contributed by atoms with Crippen molar-refractivity contribution in [3.05, 3.63) is 77.9 Å². The Morgan fingerprint density at radius 1 is 1.19 bits per heavy atom. The summed E-state index contributed by atoms with van der Waals surface area (Å²) >= 11 is 0. The average molecular weight is 360 g/mol. The first-order valence-electron chi connectivity index (χ1n) is 9.23. The lowest BCUT2D eigenvalue weighted by Crippen LogP contribution is -2.20. The Kier molecular flexibility index (Phi) is 6.85. The third-order valence-corrected chi connectivity index (χ3v) is 5.04. The van der Waals surface area contributed by atoms with Crippen LogP contribution in [0, 0.1) is 11.3 Å². The molecule has 3 heteroatoms. The zero-order valence-electron chi connectivity index (χ0n) is 16.8. The molecule has 0 amide bonds. The van der Waals surface area contributed by atoms with Crippen molar-refractivity contribution in [1.29, 1.82) is 5.26 Å². The van der Waals surface area contributed by atoms with Gasteiger partial charge in [-0.05, 0) is 34.9 Å². The Morgan fingerprint density at radius 3 is 2.48 bits per heavy atom.